The van der Waals surface area contributed by atoms with E-state index in [9.17, 15) is 0 Å². The number of aromatic nitrogens is 5. The number of aryl methyl sites for hydroxylation is 1. The van der Waals surface area contributed by atoms with Gasteiger partial charge in [-0.15, -0.1) is 26.6 Å². The van der Waals surface area contributed by atoms with Crippen molar-refractivity contribution in [3.63, 3.8) is 0 Å². The van der Waals surface area contributed by atoms with Crippen LogP contribution in [-0.4, -0.2) is 49.3 Å². The van der Waals surface area contributed by atoms with E-state index < -0.39 is 0 Å². The molecular weight excluding hydrogens is 276 g/mol. The summed E-state index contributed by atoms with van der Waals surface area (Å²) in [6, 6.07) is 0.327. The first-order chi connectivity index (χ1) is 9.79. The molecule has 0 N–H and O–H groups in total. The molecule has 0 aliphatic carbocycles. The van der Waals surface area contributed by atoms with E-state index in [0.717, 1.165) is 41.8 Å². The zero-order valence-corrected chi connectivity index (χ0v) is 12.1. The van der Waals surface area contributed by atoms with Crippen molar-refractivity contribution < 1.29 is 4.74 Å². The Kier molecular flexibility index (Phi) is 3.01. The summed E-state index contributed by atoms with van der Waals surface area (Å²) in [6.45, 7) is 5.41. The zero-order chi connectivity index (χ0) is 13.5. The lowest BCUT2D eigenvalue weighted by atomic mass is 10.0. The quantitative estimate of drug-likeness (QED) is 0.815. The predicted molar refractivity (Wildman–Crippen MR) is 72.2 cm³/mol. The van der Waals surface area contributed by atoms with Crippen LogP contribution in [0.1, 0.15) is 28.2 Å². The van der Waals surface area contributed by atoms with E-state index in [-0.39, 0.29) is 6.10 Å². The number of rotatable bonds is 2. The van der Waals surface area contributed by atoms with Crippen molar-refractivity contribution >= 4 is 11.3 Å². The molecule has 2 unspecified atom stereocenters. The van der Waals surface area contributed by atoms with E-state index in [1.54, 1.807) is 17.5 Å². The minimum Gasteiger partial charge on any atom is -0.368 e. The van der Waals surface area contributed by atoms with Crippen LogP contribution in [0, 0.1) is 6.92 Å². The van der Waals surface area contributed by atoms with Crippen LogP contribution < -0.4 is 0 Å². The zero-order valence-electron chi connectivity index (χ0n) is 11.3. The van der Waals surface area contributed by atoms with E-state index >= 15 is 0 Å². The maximum Gasteiger partial charge on any atom is 0.131 e. The second-order valence-corrected chi connectivity index (χ2v) is 6.59. The third kappa shape index (κ3) is 2.13. The SMILES string of the molecule is Cc1nnc(CN2CCC3C(C2)OCc2cnnn23)s1. The van der Waals surface area contributed by atoms with Crippen molar-refractivity contribution in [3.05, 3.63) is 21.9 Å². The van der Waals surface area contributed by atoms with Gasteiger partial charge in [-0.3, -0.25) is 4.90 Å². The van der Waals surface area contributed by atoms with E-state index in [1.807, 2.05) is 11.6 Å². The number of hydrogen-bond acceptors (Lipinski definition) is 7. The van der Waals surface area contributed by atoms with Gasteiger partial charge in [0.25, 0.3) is 0 Å². The Morgan fingerprint density at radius 1 is 1.45 bits per heavy atom. The van der Waals surface area contributed by atoms with Gasteiger partial charge in [-0.1, -0.05) is 5.21 Å². The minimum absolute atomic E-state index is 0.201. The third-order valence-corrected chi connectivity index (χ3v) is 4.77. The molecule has 0 spiro atoms. The molecule has 2 aliphatic heterocycles. The first kappa shape index (κ1) is 12.4. The molecule has 4 heterocycles. The van der Waals surface area contributed by atoms with Gasteiger partial charge in [0.15, 0.2) is 0 Å². The second kappa shape index (κ2) is 4.87. The summed E-state index contributed by atoms with van der Waals surface area (Å²) in [5.74, 6) is 0. The topological polar surface area (TPSA) is 69.0 Å². The summed E-state index contributed by atoms with van der Waals surface area (Å²) < 4.78 is 8.01. The van der Waals surface area contributed by atoms with E-state index in [1.165, 1.54) is 0 Å². The number of piperidine rings is 1. The van der Waals surface area contributed by atoms with Gasteiger partial charge in [0.05, 0.1) is 37.2 Å². The lowest BCUT2D eigenvalue weighted by Crippen LogP contribution is -2.48. The molecule has 0 amide bonds. The Bertz CT molecular complexity index is 611. The first-order valence-corrected chi connectivity index (χ1v) is 7.63. The monoisotopic (exact) mass is 292 g/mol. The Morgan fingerprint density at radius 3 is 3.25 bits per heavy atom. The Labute approximate surface area is 120 Å². The van der Waals surface area contributed by atoms with E-state index in [2.05, 4.69) is 25.4 Å². The summed E-state index contributed by atoms with van der Waals surface area (Å²) in [4.78, 5) is 2.39. The molecule has 2 atom stereocenters. The van der Waals surface area contributed by atoms with Crippen LogP contribution in [-0.2, 0) is 17.9 Å². The normalized spacial score (nSPS) is 26.2. The lowest BCUT2D eigenvalue weighted by Gasteiger charge is -2.40. The van der Waals surface area contributed by atoms with Crippen LogP contribution in [0.3, 0.4) is 0 Å². The number of likely N-dealkylation sites (tertiary alicyclic amines) is 1. The van der Waals surface area contributed by atoms with Crippen molar-refractivity contribution in [2.75, 3.05) is 13.1 Å². The fourth-order valence-corrected chi connectivity index (χ4v) is 3.74. The van der Waals surface area contributed by atoms with Gasteiger partial charge in [0.1, 0.15) is 10.0 Å². The lowest BCUT2D eigenvalue weighted by molar-refractivity contribution is -0.0704. The number of fused-ring (bicyclic) bond motifs is 3. The van der Waals surface area contributed by atoms with Crippen LogP contribution in [0.25, 0.3) is 0 Å². The molecule has 2 aromatic rings. The Balaban J connectivity index is 1.46. The molecule has 1 saturated heterocycles. The molecule has 0 radical (unpaired) electrons. The molecular formula is C12H16N6OS. The maximum absolute atomic E-state index is 5.96. The van der Waals surface area contributed by atoms with E-state index in [0.29, 0.717) is 12.6 Å². The summed E-state index contributed by atoms with van der Waals surface area (Å²) in [5, 5.41) is 18.6. The highest BCUT2D eigenvalue weighted by atomic mass is 32.1. The maximum atomic E-state index is 5.96. The highest BCUT2D eigenvalue weighted by Crippen LogP contribution is 2.31. The Morgan fingerprint density at radius 2 is 2.40 bits per heavy atom. The van der Waals surface area contributed by atoms with Crippen molar-refractivity contribution in [2.45, 2.75) is 38.6 Å². The average Bonchev–Trinajstić information content (AvgIpc) is 3.07. The van der Waals surface area contributed by atoms with Gasteiger partial charge in [-0.25, -0.2) is 4.68 Å². The summed E-state index contributed by atoms with van der Waals surface area (Å²) in [5.41, 5.74) is 1.08. The third-order valence-electron chi connectivity index (χ3n) is 3.94. The number of ether oxygens (including phenoxy) is 1. The highest BCUT2D eigenvalue weighted by Gasteiger charge is 2.36. The first-order valence-electron chi connectivity index (χ1n) is 6.81. The number of nitrogens with zero attached hydrogens (tertiary/aromatic N) is 6. The summed E-state index contributed by atoms with van der Waals surface area (Å²) in [7, 11) is 0. The van der Waals surface area contributed by atoms with Crippen molar-refractivity contribution in [2.24, 2.45) is 0 Å². The largest absolute Gasteiger partial charge is 0.368 e. The van der Waals surface area contributed by atoms with Crippen molar-refractivity contribution in [1.29, 1.82) is 0 Å². The molecule has 0 bridgehead atoms. The molecule has 1 fully saturated rings. The molecule has 0 aromatic carbocycles. The fourth-order valence-electron chi connectivity index (χ4n) is 2.99. The van der Waals surface area contributed by atoms with Crippen molar-refractivity contribution in [3.8, 4) is 0 Å². The minimum atomic E-state index is 0.201. The van der Waals surface area contributed by atoms with Gasteiger partial charge in [-0.05, 0) is 13.3 Å². The average molecular weight is 292 g/mol. The highest BCUT2D eigenvalue weighted by molar-refractivity contribution is 7.11. The molecule has 4 rings (SSSR count). The van der Waals surface area contributed by atoms with Gasteiger partial charge >= 0.3 is 0 Å². The van der Waals surface area contributed by atoms with Crippen molar-refractivity contribution in [1.82, 2.24) is 30.1 Å². The summed E-state index contributed by atoms with van der Waals surface area (Å²) in [6.07, 6.45) is 3.04. The molecule has 106 valence electrons. The smallest absolute Gasteiger partial charge is 0.131 e. The van der Waals surface area contributed by atoms with Gasteiger partial charge < -0.3 is 4.74 Å². The van der Waals surface area contributed by atoms with Gasteiger partial charge in [-0.2, -0.15) is 0 Å². The van der Waals surface area contributed by atoms with Crippen LogP contribution in [0.2, 0.25) is 0 Å². The van der Waals surface area contributed by atoms with Gasteiger partial charge in [0.2, 0.25) is 0 Å². The predicted octanol–water partition coefficient (Wildman–Crippen LogP) is 0.784. The van der Waals surface area contributed by atoms with Crippen LogP contribution in [0.4, 0.5) is 0 Å². The van der Waals surface area contributed by atoms with Crippen LogP contribution in [0.15, 0.2) is 6.20 Å². The van der Waals surface area contributed by atoms with Crippen LogP contribution in [0.5, 0.6) is 0 Å². The standard InChI is InChI=1S/C12H16N6OS/c1-8-14-15-12(20-8)6-17-3-2-10-11(5-17)19-7-9-4-13-16-18(9)10/h4,10-11H,2-3,5-7H2,1H3. The number of hydrogen-bond donors (Lipinski definition) is 0. The molecule has 0 saturated carbocycles. The fraction of sp³-hybridized carbons (Fsp3) is 0.667. The molecule has 20 heavy (non-hydrogen) atoms. The van der Waals surface area contributed by atoms with Gasteiger partial charge in [0, 0.05) is 13.1 Å². The summed E-state index contributed by atoms with van der Waals surface area (Å²) >= 11 is 1.67. The second-order valence-electron chi connectivity index (χ2n) is 5.33. The van der Waals surface area contributed by atoms with E-state index in [4.69, 9.17) is 4.74 Å². The molecule has 7 nitrogen and oxygen atoms in total. The molecule has 2 aliphatic rings. The molecule has 8 heteroatoms. The van der Waals surface area contributed by atoms with Crippen LogP contribution >= 0.6 is 11.3 Å². The molecule has 2 aromatic heterocycles. The Hall–Kier alpha value is -1.38.